The minimum atomic E-state index is -0.640. The van der Waals surface area contributed by atoms with Crippen molar-refractivity contribution in [1.82, 2.24) is 0 Å². The summed E-state index contributed by atoms with van der Waals surface area (Å²) in [6.07, 6.45) is 13.6. The lowest BCUT2D eigenvalue weighted by molar-refractivity contribution is -0.137. The van der Waals surface area contributed by atoms with Gasteiger partial charge in [0.25, 0.3) is 0 Å². The Kier molecular flexibility index (Phi) is 4.91. The number of aliphatic hydroxyl groups is 1. The maximum absolute atomic E-state index is 10.9. The minimum absolute atomic E-state index is 0.0522. The SMILES string of the molecule is C[C@]12CCC3[C@@H](CC[C@@H]4C[C@H](O)CC[C@]34C)C1CC[C@@H]2CCCC(=O)O. The summed E-state index contributed by atoms with van der Waals surface area (Å²) in [6.45, 7) is 5.10. The molecule has 8 atom stereocenters. The number of carboxylic acid groups (broad SMARTS) is 1. The van der Waals surface area contributed by atoms with Crippen LogP contribution in [0.1, 0.15) is 90.9 Å². The third-order valence-electron chi connectivity index (χ3n) is 9.78. The van der Waals surface area contributed by atoms with E-state index in [-0.39, 0.29) is 6.10 Å². The Balaban J connectivity index is 1.48. The normalized spacial score (nSPS) is 50.6. The molecule has 0 bridgehead atoms. The van der Waals surface area contributed by atoms with Gasteiger partial charge in [0.05, 0.1) is 6.10 Å². The van der Waals surface area contributed by atoms with Crippen molar-refractivity contribution < 1.29 is 15.0 Å². The first-order valence-corrected chi connectivity index (χ1v) is 11.2. The third kappa shape index (κ3) is 2.93. The molecule has 0 saturated heterocycles. The zero-order chi connectivity index (χ0) is 18.5. The molecule has 26 heavy (non-hydrogen) atoms. The van der Waals surface area contributed by atoms with Crippen LogP contribution in [0.25, 0.3) is 0 Å². The topological polar surface area (TPSA) is 57.5 Å². The molecule has 0 aromatic rings. The van der Waals surface area contributed by atoms with Gasteiger partial charge in [-0.1, -0.05) is 13.8 Å². The number of fused-ring (bicyclic) bond motifs is 5. The summed E-state index contributed by atoms with van der Waals surface area (Å²) in [4.78, 5) is 10.9. The number of rotatable bonds is 4. The Hall–Kier alpha value is -0.570. The van der Waals surface area contributed by atoms with E-state index in [2.05, 4.69) is 13.8 Å². The maximum Gasteiger partial charge on any atom is 0.303 e. The molecule has 0 spiro atoms. The molecule has 4 aliphatic carbocycles. The van der Waals surface area contributed by atoms with Crippen molar-refractivity contribution in [3.05, 3.63) is 0 Å². The van der Waals surface area contributed by atoms with Crippen LogP contribution in [-0.4, -0.2) is 22.3 Å². The van der Waals surface area contributed by atoms with E-state index in [1.807, 2.05) is 0 Å². The van der Waals surface area contributed by atoms with Gasteiger partial charge in [-0.15, -0.1) is 0 Å². The van der Waals surface area contributed by atoms with Crippen molar-refractivity contribution in [1.29, 1.82) is 0 Å². The first-order chi connectivity index (χ1) is 12.3. The van der Waals surface area contributed by atoms with E-state index < -0.39 is 5.97 Å². The number of hydrogen-bond donors (Lipinski definition) is 2. The van der Waals surface area contributed by atoms with Gasteiger partial charge < -0.3 is 10.2 Å². The van der Waals surface area contributed by atoms with E-state index in [1.165, 1.54) is 44.9 Å². The van der Waals surface area contributed by atoms with Crippen molar-refractivity contribution in [2.45, 2.75) is 97.0 Å². The van der Waals surface area contributed by atoms with Crippen LogP contribution in [0.4, 0.5) is 0 Å². The largest absolute Gasteiger partial charge is 0.481 e. The van der Waals surface area contributed by atoms with Crippen LogP contribution >= 0.6 is 0 Å². The van der Waals surface area contributed by atoms with E-state index in [0.29, 0.717) is 17.3 Å². The molecular weight excluding hydrogens is 324 g/mol. The molecule has 2 unspecified atom stereocenters. The van der Waals surface area contributed by atoms with Crippen molar-refractivity contribution in [2.75, 3.05) is 0 Å². The zero-order valence-electron chi connectivity index (χ0n) is 16.8. The fourth-order valence-corrected chi connectivity index (χ4v) is 8.32. The van der Waals surface area contributed by atoms with Gasteiger partial charge in [-0.3, -0.25) is 4.79 Å². The minimum Gasteiger partial charge on any atom is -0.481 e. The highest BCUT2D eigenvalue weighted by Crippen LogP contribution is 2.67. The molecule has 2 N–H and O–H groups in total. The highest BCUT2D eigenvalue weighted by Gasteiger charge is 2.59. The summed E-state index contributed by atoms with van der Waals surface area (Å²) < 4.78 is 0. The Morgan fingerprint density at radius 2 is 1.69 bits per heavy atom. The predicted octanol–water partition coefficient (Wildman–Crippen LogP) is 5.26. The van der Waals surface area contributed by atoms with Gasteiger partial charge in [-0.25, -0.2) is 0 Å². The van der Waals surface area contributed by atoms with Crippen LogP contribution in [0.5, 0.6) is 0 Å². The molecule has 0 radical (unpaired) electrons. The Labute approximate surface area is 158 Å². The van der Waals surface area contributed by atoms with Crippen LogP contribution in [0.2, 0.25) is 0 Å². The van der Waals surface area contributed by atoms with Crippen LogP contribution in [0, 0.1) is 40.4 Å². The molecule has 148 valence electrons. The molecule has 0 aliphatic heterocycles. The van der Waals surface area contributed by atoms with Crippen LogP contribution in [0.15, 0.2) is 0 Å². The molecule has 4 saturated carbocycles. The second-order valence-electron chi connectivity index (χ2n) is 10.7. The number of aliphatic hydroxyl groups excluding tert-OH is 1. The number of hydrogen-bond acceptors (Lipinski definition) is 2. The average molecular weight is 363 g/mol. The number of aliphatic carboxylic acids is 1. The molecule has 0 aromatic carbocycles. The lowest BCUT2D eigenvalue weighted by atomic mass is 9.44. The molecule has 3 heteroatoms. The summed E-state index contributed by atoms with van der Waals surface area (Å²) in [5.41, 5.74) is 0.919. The zero-order valence-corrected chi connectivity index (χ0v) is 16.8. The monoisotopic (exact) mass is 362 g/mol. The summed E-state index contributed by atoms with van der Waals surface area (Å²) in [7, 11) is 0. The predicted molar refractivity (Wildman–Crippen MR) is 103 cm³/mol. The number of carbonyl (C=O) groups is 1. The van der Waals surface area contributed by atoms with E-state index in [4.69, 9.17) is 5.11 Å². The van der Waals surface area contributed by atoms with E-state index in [1.54, 1.807) is 0 Å². The molecule has 3 nitrogen and oxygen atoms in total. The Bertz CT molecular complexity index is 546. The van der Waals surface area contributed by atoms with Crippen LogP contribution in [0.3, 0.4) is 0 Å². The van der Waals surface area contributed by atoms with Crippen LogP contribution < -0.4 is 0 Å². The van der Waals surface area contributed by atoms with Crippen molar-refractivity contribution in [2.24, 2.45) is 40.4 Å². The Morgan fingerprint density at radius 3 is 2.46 bits per heavy atom. The standard InChI is InChI=1S/C23H38O3/c1-22-13-11-20-18(8-6-16-14-17(24)10-12-23(16,20)2)19(22)9-7-15(22)4-3-5-21(25)26/h15-20,24H,3-14H2,1-2H3,(H,25,26)/t15-,16+,17+,18-,19?,20?,22+,23-/m0/s1. The van der Waals surface area contributed by atoms with Gasteiger partial charge in [0.2, 0.25) is 0 Å². The first kappa shape index (κ1) is 18.8. The van der Waals surface area contributed by atoms with E-state index >= 15 is 0 Å². The maximum atomic E-state index is 10.9. The molecule has 4 aliphatic rings. The summed E-state index contributed by atoms with van der Waals surface area (Å²) >= 11 is 0. The third-order valence-corrected chi connectivity index (χ3v) is 9.78. The summed E-state index contributed by atoms with van der Waals surface area (Å²) in [5.74, 6) is 3.45. The molecular formula is C23H38O3. The number of carboxylic acids is 1. The van der Waals surface area contributed by atoms with Crippen molar-refractivity contribution >= 4 is 5.97 Å². The average Bonchev–Trinajstić information content (AvgIpc) is 2.92. The first-order valence-electron chi connectivity index (χ1n) is 11.2. The van der Waals surface area contributed by atoms with Crippen molar-refractivity contribution in [3.63, 3.8) is 0 Å². The quantitative estimate of drug-likeness (QED) is 0.717. The molecule has 0 amide bonds. The highest BCUT2D eigenvalue weighted by atomic mass is 16.4. The summed E-state index contributed by atoms with van der Waals surface area (Å²) in [6, 6.07) is 0. The van der Waals surface area contributed by atoms with Gasteiger partial charge in [0.1, 0.15) is 0 Å². The molecule has 4 fully saturated rings. The van der Waals surface area contributed by atoms with Gasteiger partial charge in [0, 0.05) is 6.42 Å². The van der Waals surface area contributed by atoms with Crippen molar-refractivity contribution in [3.8, 4) is 0 Å². The summed E-state index contributed by atoms with van der Waals surface area (Å²) in [5, 5.41) is 19.1. The molecule has 4 rings (SSSR count). The second-order valence-corrected chi connectivity index (χ2v) is 10.7. The Morgan fingerprint density at radius 1 is 0.962 bits per heavy atom. The molecule has 0 heterocycles. The fraction of sp³-hybridized carbons (Fsp3) is 0.957. The second kappa shape index (κ2) is 6.79. The van der Waals surface area contributed by atoms with E-state index in [0.717, 1.165) is 55.3 Å². The van der Waals surface area contributed by atoms with Gasteiger partial charge in [-0.05, 0) is 111 Å². The fourth-order valence-electron chi connectivity index (χ4n) is 8.32. The molecule has 0 aromatic heterocycles. The van der Waals surface area contributed by atoms with Gasteiger partial charge >= 0.3 is 5.97 Å². The lowest BCUT2D eigenvalue weighted by Gasteiger charge is -2.61. The smallest absolute Gasteiger partial charge is 0.303 e. The van der Waals surface area contributed by atoms with Gasteiger partial charge in [-0.2, -0.15) is 0 Å². The lowest BCUT2D eigenvalue weighted by Crippen LogP contribution is -2.53. The van der Waals surface area contributed by atoms with Crippen LogP contribution in [-0.2, 0) is 4.79 Å². The highest BCUT2D eigenvalue weighted by molar-refractivity contribution is 5.66. The van der Waals surface area contributed by atoms with Gasteiger partial charge in [0.15, 0.2) is 0 Å². The van der Waals surface area contributed by atoms with E-state index in [9.17, 15) is 9.90 Å².